The molecule has 2 N–H and O–H groups in total. The minimum absolute atomic E-state index is 0.227. The molecule has 5 rings (SSSR count). The highest BCUT2D eigenvalue weighted by molar-refractivity contribution is 6.08. The summed E-state index contributed by atoms with van der Waals surface area (Å²) in [5, 5.41) is 11.0. The number of nitrogens with two attached hydrogens (primary N) is 1. The molecule has 1 unspecified atom stereocenters. The van der Waals surface area contributed by atoms with Gasteiger partial charge in [0.2, 0.25) is 0 Å². The molecule has 1 aliphatic heterocycles. The lowest BCUT2D eigenvalue weighted by atomic mass is 10.1. The number of hydrogen-bond acceptors (Lipinski definition) is 5. The van der Waals surface area contributed by atoms with E-state index in [-0.39, 0.29) is 6.10 Å². The van der Waals surface area contributed by atoms with Crippen molar-refractivity contribution in [3.8, 4) is 5.69 Å². The number of nitrogen functional groups attached to an aromatic ring is 1. The highest BCUT2D eigenvalue weighted by Gasteiger charge is 2.17. The molecule has 4 aromatic rings. The van der Waals surface area contributed by atoms with E-state index in [1.165, 1.54) is 6.42 Å². The van der Waals surface area contributed by atoms with Crippen molar-refractivity contribution in [1.29, 1.82) is 0 Å². The van der Waals surface area contributed by atoms with Crippen LogP contribution in [0, 0.1) is 0 Å². The van der Waals surface area contributed by atoms with Crippen molar-refractivity contribution < 1.29 is 4.74 Å². The van der Waals surface area contributed by atoms with E-state index < -0.39 is 0 Å². The Kier molecular flexibility index (Phi) is 3.60. The van der Waals surface area contributed by atoms with Crippen LogP contribution in [0.1, 0.15) is 19.3 Å². The third kappa shape index (κ3) is 2.61. The van der Waals surface area contributed by atoms with Gasteiger partial charge in [0.05, 0.1) is 23.9 Å². The van der Waals surface area contributed by atoms with Crippen LogP contribution in [0.3, 0.4) is 0 Å². The van der Waals surface area contributed by atoms with E-state index in [0.29, 0.717) is 5.82 Å². The first-order chi connectivity index (χ1) is 12.8. The van der Waals surface area contributed by atoms with Crippen LogP contribution in [0.4, 0.5) is 5.82 Å². The second-order valence-electron chi connectivity index (χ2n) is 6.75. The number of nitrogens with zero attached hydrogens (tertiary/aromatic N) is 5. The van der Waals surface area contributed by atoms with E-state index in [1.54, 1.807) is 6.20 Å². The standard InChI is InChI=1S/C19H20N6O/c20-19-18-16(12-24(23-18)11-14-4-1-2-9-26-14)15-6-5-13(10-17(15)22-19)25-8-3-7-21-25/h3,5-8,10,12,14H,1-2,4,9,11H2,(H2,20,22). The van der Waals surface area contributed by atoms with Crippen LogP contribution in [0.15, 0.2) is 42.9 Å². The van der Waals surface area contributed by atoms with E-state index in [0.717, 1.165) is 53.5 Å². The summed E-state index contributed by atoms with van der Waals surface area (Å²) in [4.78, 5) is 4.56. The predicted octanol–water partition coefficient (Wildman–Crippen LogP) is 2.92. The SMILES string of the molecule is Nc1nc2cc(-n3cccn3)ccc2c2cn(CC3CCCCO3)nc12. The minimum Gasteiger partial charge on any atom is -0.382 e. The molecule has 7 nitrogen and oxygen atoms in total. The van der Waals surface area contributed by atoms with Crippen molar-refractivity contribution in [3.05, 3.63) is 42.9 Å². The van der Waals surface area contributed by atoms with Crippen LogP contribution < -0.4 is 5.73 Å². The maximum atomic E-state index is 6.20. The Balaban J connectivity index is 1.58. The monoisotopic (exact) mass is 348 g/mol. The summed E-state index contributed by atoms with van der Waals surface area (Å²) in [5.41, 5.74) is 8.75. The molecule has 1 atom stereocenters. The van der Waals surface area contributed by atoms with Crippen molar-refractivity contribution in [2.45, 2.75) is 31.9 Å². The lowest BCUT2D eigenvalue weighted by Crippen LogP contribution is -2.24. The molecular formula is C19H20N6O. The lowest BCUT2D eigenvalue weighted by Gasteiger charge is -2.22. The number of benzene rings is 1. The molecule has 1 aromatic carbocycles. The number of aromatic nitrogens is 5. The summed E-state index contributed by atoms with van der Waals surface area (Å²) in [5.74, 6) is 0.452. The largest absolute Gasteiger partial charge is 0.382 e. The normalized spacial score (nSPS) is 17.9. The van der Waals surface area contributed by atoms with E-state index in [2.05, 4.69) is 27.4 Å². The molecule has 4 heterocycles. The fourth-order valence-electron chi connectivity index (χ4n) is 3.65. The third-order valence-corrected chi connectivity index (χ3v) is 4.95. The summed E-state index contributed by atoms with van der Waals surface area (Å²) >= 11 is 0. The Labute approximate surface area is 150 Å². The minimum atomic E-state index is 0.227. The van der Waals surface area contributed by atoms with Gasteiger partial charge >= 0.3 is 0 Å². The van der Waals surface area contributed by atoms with Gasteiger partial charge in [-0.1, -0.05) is 0 Å². The molecule has 0 bridgehead atoms. The Hall–Kier alpha value is -2.93. The highest BCUT2D eigenvalue weighted by atomic mass is 16.5. The predicted molar refractivity (Wildman–Crippen MR) is 100 cm³/mol. The number of pyridine rings is 1. The molecule has 0 saturated carbocycles. The first kappa shape index (κ1) is 15.3. The zero-order chi connectivity index (χ0) is 17.5. The summed E-state index contributed by atoms with van der Waals surface area (Å²) in [6, 6.07) is 7.99. The molecule has 1 fully saturated rings. The maximum Gasteiger partial charge on any atom is 0.152 e. The zero-order valence-corrected chi connectivity index (χ0v) is 14.4. The number of fused-ring (bicyclic) bond motifs is 3. The molecule has 7 heteroatoms. The van der Waals surface area contributed by atoms with Crippen LogP contribution in [0.5, 0.6) is 0 Å². The van der Waals surface area contributed by atoms with Crippen molar-refractivity contribution in [1.82, 2.24) is 24.5 Å². The summed E-state index contributed by atoms with van der Waals surface area (Å²) < 4.78 is 9.59. The van der Waals surface area contributed by atoms with Crippen LogP contribution in [-0.4, -0.2) is 37.3 Å². The van der Waals surface area contributed by atoms with Gasteiger partial charge in [-0.25, -0.2) is 9.67 Å². The van der Waals surface area contributed by atoms with Crippen LogP contribution in [0.2, 0.25) is 0 Å². The first-order valence-electron chi connectivity index (χ1n) is 8.96. The van der Waals surface area contributed by atoms with E-state index in [9.17, 15) is 0 Å². The second kappa shape index (κ2) is 6.10. The van der Waals surface area contributed by atoms with E-state index >= 15 is 0 Å². The second-order valence-corrected chi connectivity index (χ2v) is 6.75. The van der Waals surface area contributed by atoms with Gasteiger partial charge in [-0.2, -0.15) is 10.2 Å². The average Bonchev–Trinajstić information content (AvgIpc) is 3.32. The van der Waals surface area contributed by atoms with Crippen molar-refractivity contribution in [2.75, 3.05) is 12.3 Å². The van der Waals surface area contributed by atoms with Crippen LogP contribution in [-0.2, 0) is 11.3 Å². The fraction of sp³-hybridized carbons (Fsp3) is 0.316. The van der Waals surface area contributed by atoms with Crippen molar-refractivity contribution in [2.24, 2.45) is 0 Å². The van der Waals surface area contributed by atoms with E-state index in [4.69, 9.17) is 10.5 Å². The van der Waals surface area contributed by atoms with Gasteiger partial charge in [0.15, 0.2) is 5.82 Å². The zero-order valence-electron chi connectivity index (χ0n) is 14.4. The smallest absolute Gasteiger partial charge is 0.152 e. The Morgan fingerprint density at radius 1 is 1.23 bits per heavy atom. The number of rotatable bonds is 3. The molecule has 0 aliphatic carbocycles. The van der Waals surface area contributed by atoms with Crippen molar-refractivity contribution >= 4 is 27.6 Å². The topological polar surface area (TPSA) is 83.8 Å². The molecule has 0 amide bonds. The first-order valence-corrected chi connectivity index (χ1v) is 8.96. The summed E-state index contributed by atoms with van der Waals surface area (Å²) in [6.45, 7) is 1.59. The van der Waals surface area contributed by atoms with Crippen LogP contribution in [0.25, 0.3) is 27.5 Å². The fourth-order valence-corrected chi connectivity index (χ4v) is 3.65. The molecule has 26 heavy (non-hydrogen) atoms. The molecule has 1 aliphatic rings. The molecule has 132 valence electrons. The Bertz CT molecular complexity index is 1060. The molecule has 0 spiro atoms. The van der Waals surface area contributed by atoms with Gasteiger partial charge in [0, 0.05) is 36.0 Å². The molecular weight excluding hydrogens is 328 g/mol. The quantitative estimate of drug-likeness (QED) is 0.615. The number of hydrogen-bond donors (Lipinski definition) is 1. The van der Waals surface area contributed by atoms with Gasteiger partial charge in [-0.05, 0) is 43.5 Å². The maximum absolute atomic E-state index is 6.20. The molecule has 3 aromatic heterocycles. The van der Waals surface area contributed by atoms with E-state index in [1.807, 2.05) is 33.8 Å². The summed E-state index contributed by atoms with van der Waals surface area (Å²) in [6.07, 6.45) is 9.40. The third-order valence-electron chi connectivity index (χ3n) is 4.95. The van der Waals surface area contributed by atoms with Gasteiger partial charge in [0.1, 0.15) is 5.52 Å². The van der Waals surface area contributed by atoms with Gasteiger partial charge < -0.3 is 10.5 Å². The number of ether oxygens (including phenoxy) is 1. The van der Waals surface area contributed by atoms with Gasteiger partial charge in [-0.15, -0.1) is 0 Å². The lowest BCUT2D eigenvalue weighted by molar-refractivity contribution is 0.00411. The van der Waals surface area contributed by atoms with Gasteiger partial charge in [0.25, 0.3) is 0 Å². The molecule has 0 radical (unpaired) electrons. The Morgan fingerprint density at radius 3 is 3.00 bits per heavy atom. The highest BCUT2D eigenvalue weighted by Crippen LogP contribution is 2.28. The number of anilines is 1. The summed E-state index contributed by atoms with van der Waals surface area (Å²) in [7, 11) is 0. The van der Waals surface area contributed by atoms with Crippen LogP contribution >= 0.6 is 0 Å². The molecule has 1 saturated heterocycles. The Morgan fingerprint density at radius 2 is 2.19 bits per heavy atom. The van der Waals surface area contributed by atoms with Crippen molar-refractivity contribution in [3.63, 3.8) is 0 Å². The average molecular weight is 348 g/mol. The van der Waals surface area contributed by atoms with Gasteiger partial charge in [-0.3, -0.25) is 4.68 Å².